The van der Waals surface area contributed by atoms with Crippen LogP contribution in [0, 0.1) is 0 Å². The van der Waals surface area contributed by atoms with Gasteiger partial charge in [0.1, 0.15) is 0 Å². The van der Waals surface area contributed by atoms with Gasteiger partial charge in [-0.3, -0.25) is 9.59 Å². The van der Waals surface area contributed by atoms with E-state index in [2.05, 4.69) is 48.4 Å². The highest BCUT2D eigenvalue weighted by Gasteiger charge is 2.64. The first-order valence-corrected chi connectivity index (χ1v) is 18.5. The van der Waals surface area contributed by atoms with E-state index in [9.17, 15) is 9.59 Å². The molecule has 2 aliphatic heterocycles. The standard InChI is InChI=1S/2C24H19NO2/c2*1-16-19-14-8-9-15-20(19)23(26)24(16)21(17-10-4-2-5-11-17)22(25-27-24)18-12-6-3-7-13-18/h2*2-16,21H,1H3/t2*16-,21-,24-/m00/s1. The molecule has 0 amide bonds. The highest BCUT2D eigenvalue weighted by atomic mass is 16.7. The fourth-order valence-electron chi connectivity index (χ4n) is 9.07. The van der Waals surface area contributed by atoms with Crippen molar-refractivity contribution in [3.05, 3.63) is 214 Å². The predicted octanol–water partition coefficient (Wildman–Crippen LogP) is 9.89. The van der Waals surface area contributed by atoms with Crippen LogP contribution < -0.4 is 0 Å². The zero-order chi connectivity index (χ0) is 36.9. The molecule has 2 spiro atoms. The number of fused-ring (bicyclic) bond motifs is 2. The minimum absolute atomic E-state index is 0.0223. The van der Waals surface area contributed by atoms with Crippen LogP contribution in [0.3, 0.4) is 0 Å². The van der Waals surface area contributed by atoms with Crippen molar-refractivity contribution < 1.29 is 19.3 Å². The molecule has 2 aliphatic carbocycles. The maximum atomic E-state index is 13.6. The molecule has 6 aromatic rings. The molecular weight excluding hydrogens is 669 g/mol. The highest BCUT2D eigenvalue weighted by Crippen LogP contribution is 2.56. The van der Waals surface area contributed by atoms with E-state index in [1.807, 2.05) is 146 Å². The van der Waals surface area contributed by atoms with Gasteiger partial charge in [0, 0.05) is 34.1 Å². The van der Waals surface area contributed by atoms with Gasteiger partial charge in [-0.2, -0.15) is 0 Å². The number of Topliss-reactive ketones (excluding diaryl/α,β-unsaturated/α-hetero) is 2. The van der Waals surface area contributed by atoms with Crippen LogP contribution in [-0.4, -0.2) is 34.2 Å². The van der Waals surface area contributed by atoms with Gasteiger partial charge in [-0.05, 0) is 22.3 Å². The van der Waals surface area contributed by atoms with Crippen LogP contribution in [0.5, 0.6) is 0 Å². The topological polar surface area (TPSA) is 77.3 Å². The van der Waals surface area contributed by atoms with Crippen molar-refractivity contribution in [1.82, 2.24) is 0 Å². The average Bonchev–Trinajstić information content (AvgIpc) is 3.96. The Hall–Kier alpha value is -6.40. The van der Waals surface area contributed by atoms with E-state index in [-0.39, 0.29) is 35.2 Å². The maximum Gasteiger partial charge on any atom is 0.218 e. The Bertz CT molecular complexity index is 2260. The smallest absolute Gasteiger partial charge is 0.218 e. The number of hydrogen-bond acceptors (Lipinski definition) is 6. The van der Waals surface area contributed by atoms with Gasteiger partial charge in [0.25, 0.3) is 0 Å². The van der Waals surface area contributed by atoms with Crippen molar-refractivity contribution in [2.75, 3.05) is 0 Å². The summed E-state index contributed by atoms with van der Waals surface area (Å²) >= 11 is 0. The maximum absolute atomic E-state index is 13.6. The molecule has 264 valence electrons. The molecule has 0 saturated heterocycles. The lowest BCUT2D eigenvalue weighted by Crippen LogP contribution is -2.45. The summed E-state index contributed by atoms with van der Waals surface area (Å²) in [5.41, 5.74) is 7.19. The minimum Gasteiger partial charge on any atom is -0.379 e. The zero-order valence-electron chi connectivity index (χ0n) is 30.0. The summed E-state index contributed by atoms with van der Waals surface area (Å²) < 4.78 is 0. The molecule has 6 atom stereocenters. The van der Waals surface area contributed by atoms with Crippen LogP contribution >= 0.6 is 0 Å². The van der Waals surface area contributed by atoms with Crippen LogP contribution in [-0.2, 0) is 9.68 Å². The monoisotopic (exact) mass is 706 g/mol. The van der Waals surface area contributed by atoms with Crippen LogP contribution in [0.4, 0.5) is 0 Å². The molecule has 4 aliphatic rings. The van der Waals surface area contributed by atoms with Crippen molar-refractivity contribution >= 4 is 23.0 Å². The molecule has 2 heterocycles. The third-order valence-corrected chi connectivity index (χ3v) is 11.7. The van der Waals surface area contributed by atoms with Crippen molar-refractivity contribution in [2.24, 2.45) is 10.3 Å². The third-order valence-electron chi connectivity index (χ3n) is 11.7. The first-order valence-electron chi connectivity index (χ1n) is 18.5. The first-order chi connectivity index (χ1) is 26.5. The lowest BCUT2D eigenvalue weighted by molar-refractivity contribution is -0.0199. The van der Waals surface area contributed by atoms with Gasteiger partial charge in [-0.25, -0.2) is 0 Å². The van der Waals surface area contributed by atoms with E-state index in [0.717, 1.165) is 55.9 Å². The van der Waals surface area contributed by atoms with E-state index in [4.69, 9.17) is 9.68 Å². The van der Waals surface area contributed by atoms with Gasteiger partial charge >= 0.3 is 0 Å². The predicted molar refractivity (Wildman–Crippen MR) is 210 cm³/mol. The summed E-state index contributed by atoms with van der Waals surface area (Å²) in [7, 11) is 0. The van der Waals surface area contributed by atoms with Crippen molar-refractivity contribution in [2.45, 2.75) is 48.7 Å². The van der Waals surface area contributed by atoms with Gasteiger partial charge in [0.05, 0.1) is 23.3 Å². The number of ketones is 2. The van der Waals surface area contributed by atoms with Crippen LogP contribution in [0.2, 0.25) is 0 Å². The molecule has 0 aromatic heterocycles. The Kier molecular flexibility index (Phi) is 8.19. The van der Waals surface area contributed by atoms with E-state index in [1.54, 1.807) is 0 Å². The Morgan fingerprint density at radius 3 is 1.09 bits per heavy atom. The van der Waals surface area contributed by atoms with Gasteiger partial charge in [0.15, 0.2) is 0 Å². The Morgan fingerprint density at radius 1 is 0.426 bits per heavy atom. The summed E-state index contributed by atoms with van der Waals surface area (Å²) in [5.74, 6) is -0.636. The van der Waals surface area contributed by atoms with Crippen molar-refractivity contribution in [1.29, 1.82) is 0 Å². The lowest BCUT2D eigenvalue weighted by Gasteiger charge is -2.32. The average molecular weight is 707 g/mol. The molecule has 0 unspecified atom stereocenters. The number of carbonyl (C=O) groups excluding carboxylic acids is 2. The molecule has 0 saturated carbocycles. The number of hydrogen-bond donors (Lipinski definition) is 0. The van der Waals surface area contributed by atoms with E-state index in [0.29, 0.717) is 0 Å². The SMILES string of the molecule is C[C@H]1c2ccccc2C(=O)[C@]12ON=C(c1ccccc1)[C@@H]2c1ccccc1.C[C@H]1c2ccccc2C(=O)[C@]12ON=C(c1ccccc1)[C@@H]2c1ccccc1. The van der Waals surface area contributed by atoms with Gasteiger partial charge < -0.3 is 9.68 Å². The summed E-state index contributed by atoms with van der Waals surface area (Å²) in [6.07, 6.45) is 0. The second kappa shape index (κ2) is 13.2. The Morgan fingerprint density at radius 2 is 0.741 bits per heavy atom. The third kappa shape index (κ3) is 4.93. The highest BCUT2D eigenvalue weighted by molar-refractivity contribution is 6.18. The van der Waals surface area contributed by atoms with Gasteiger partial charge in [0.2, 0.25) is 22.8 Å². The molecule has 0 bridgehead atoms. The van der Waals surface area contributed by atoms with Crippen LogP contribution in [0.25, 0.3) is 0 Å². The largest absolute Gasteiger partial charge is 0.379 e. The fraction of sp³-hybridized carbons (Fsp3) is 0.167. The molecule has 10 rings (SSSR count). The lowest BCUT2D eigenvalue weighted by atomic mass is 9.71. The summed E-state index contributed by atoms with van der Waals surface area (Å²) in [6, 6.07) is 55.8. The minimum atomic E-state index is -1.03. The fourth-order valence-corrected chi connectivity index (χ4v) is 9.07. The first kappa shape index (κ1) is 33.4. The number of oxime groups is 2. The molecule has 6 nitrogen and oxygen atoms in total. The van der Waals surface area contributed by atoms with E-state index in [1.165, 1.54) is 0 Å². The number of carbonyl (C=O) groups is 2. The molecule has 54 heavy (non-hydrogen) atoms. The number of benzene rings is 6. The number of rotatable bonds is 4. The number of nitrogens with zero attached hydrogens (tertiary/aromatic N) is 2. The molecule has 0 N–H and O–H groups in total. The second-order valence-electron chi connectivity index (χ2n) is 14.4. The zero-order valence-corrected chi connectivity index (χ0v) is 30.0. The summed E-state index contributed by atoms with van der Waals surface area (Å²) in [4.78, 5) is 39.3. The van der Waals surface area contributed by atoms with E-state index >= 15 is 0 Å². The van der Waals surface area contributed by atoms with Crippen molar-refractivity contribution in [3.63, 3.8) is 0 Å². The van der Waals surface area contributed by atoms with Crippen LogP contribution in [0.1, 0.15) is 91.6 Å². The summed E-state index contributed by atoms with van der Waals surface area (Å²) in [6.45, 7) is 4.15. The molecule has 6 heteroatoms. The van der Waals surface area contributed by atoms with Crippen LogP contribution in [0.15, 0.2) is 180 Å². The van der Waals surface area contributed by atoms with E-state index < -0.39 is 11.2 Å². The Labute approximate surface area is 314 Å². The summed E-state index contributed by atoms with van der Waals surface area (Å²) in [5, 5.41) is 8.96. The molecule has 6 aromatic carbocycles. The molecule has 0 radical (unpaired) electrons. The quantitative estimate of drug-likeness (QED) is 0.183. The molecular formula is C48H38N2O4. The van der Waals surface area contributed by atoms with Gasteiger partial charge in [-0.1, -0.05) is 194 Å². The molecule has 0 fully saturated rings. The van der Waals surface area contributed by atoms with Gasteiger partial charge in [-0.15, -0.1) is 0 Å². The Balaban J connectivity index is 0.000000142. The second-order valence-corrected chi connectivity index (χ2v) is 14.4. The normalized spacial score (nSPS) is 26.0. The van der Waals surface area contributed by atoms with Crippen molar-refractivity contribution in [3.8, 4) is 0 Å².